The molecule has 2 aromatic heterocycles. The monoisotopic (exact) mass is 552 g/mol. The predicted octanol–water partition coefficient (Wildman–Crippen LogP) is 4.55. The van der Waals surface area contributed by atoms with E-state index in [4.69, 9.17) is 10.2 Å². The summed E-state index contributed by atoms with van der Waals surface area (Å²) >= 11 is 0. The molecule has 3 N–H and O–H groups in total. The van der Waals surface area contributed by atoms with Crippen LogP contribution in [0, 0.1) is 29.5 Å². The summed E-state index contributed by atoms with van der Waals surface area (Å²) in [4.78, 5) is 15.6. The Bertz CT molecular complexity index is 1770. The summed E-state index contributed by atoms with van der Waals surface area (Å²) in [6, 6.07) is 12.1. The lowest BCUT2D eigenvalue weighted by atomic mass is 9.85. The van der Waals surface area contributed by atoms with Gasteiger partial charge >= 0.3 is 5.76 Å². The van der Waals surface area contributed by atoms with Crippen LogP contribution in [0.1, 0.15) is 49.8 Å². The molecule has 2 aromatic carbocycles. The first-order valence-electron chi connectivity index (χ1n) is 12.5. The highest BCUT2D eigenvalue weighted by Gasteiger charge is 2.26. The Morgan fingerprint density at radius 3 is 2.67 bits per heavy atom. The molecule has 3 atom stereocenters. The molecule has 1 fully saturated rings. The molecule has 0 saturated heterocycles. The summed E-state index contributed by atoms with van der Waals surface area (Å²) in [6.45, 7) is 1.75. The van der Waals surface area contributed by atoms with E-state index < -0.39 is 38.5 Å². The molecule has 1 saturated carbocycles. The average molecular weight is 553 g/mol. The topological polar surface area (TPSA) is 120 Å². The number of anilines is 1. The molecule has 0 unspecified atom stereocenters. The van der Waals surface area contributed by atoms with Crippen molar-refractivity contribution in [2.24, 2.45) is 11.7 Å². The number of nitrogens with zero attached hydrogens (tertiary/aromatic N) is 2. The second-order valence-electron chi connectivity index (χ2n) is 9.53. The molecular formula is C28H26F2N4O4S. The highest BCUT2D eigenvalue weighted by molar-refractivity contribution is 7.92. The molecule has 0 amide bonds. The normalized spacial score (nSPS) is 18.4. The van der Waals surface area contributed by atoms with Gasteiger partial charge in [-0.2, -0.15) is 4.39 Å². The van der Waals surface area contributed by atoms with Gasteiger partial charge in [0, 0.05) is 29.7 Å². The van der Waals surface area contributed by atoms with Crippen molar-refractivity contribution in [2.75, 3.05) is 4.72 Å². The van der Waals surface area contributed by atoms with E-state index in [0.717, 1.165) is 49.4 Å². The number of hydrogen-bond acceptors (Lipinski definition) is 6. The molecule has 5 rings (SSSR count). The van der Waals surface area contributed by atoms with Gasteiger partial charge in [-0.05, 0) is 43.5 Å². The van der Waals surface area contributed by atoms with Gasteiger partial charge in [0.15, 0.2) is 5.58 Å². The number of sulfonamides is 1. The molecule has 1 aliphatic carbocycles. The van der Waals surface area contributed by atoms with Gasteiger partial charge in [-0.3, -0.25) is 9.29 Å². The number of nitrogens with two attached hydrogens (primary N) is 1. The molecule has 11 heteroatoms. The number of halogens is 2. The van der Waals surface area contributed by atoms with E-state index in [1.807, 2.05) is 29.0 Å². The maximum absolute atomic E-state index is 15.2. The zero-order valence-corrected chi connectivity index (χ0v) is 21.8. The van der Waals surface area contributed by atoms with E-state index >= 15 is 4.39 Å². The fraction of sp³-hybridized carbons (Fsp3) is 0.286. The van der Waals surface area contributed by atoms with E-state index in [-0.39, 0.29) is 28.9 Å². The number of aromatic nitrogens is 2. The van der Waals surface area contributed by atoms with Gasteiger partial charge in [0.05, 0.1) is 11.6 Å². The summed E-state index contributed by atoms with van der Waals surface area (Å²) in [7, 11) is -4.51. The summed E-state index contributed by atoms with van der Waals surface area (Å²) in [6.07, 6.45) is 4.05. The Labute approximate surface area is 223 Å². The van der Waals surface area contributed by atoms with Crippen molar-refractivity contribution in [3.63, 3.8) is 0 Å². The lowest BCUT2D eigenvalue weighted by Crippen LogP contribution is -2.32. The molecule has 0 aliphatic heterocycles. The summed E-state index contributed by atoms with van der Waals surface area (Å²) in [5.74, 6) is 3.46. The quantitative estimate of drug-likeness (QED) is 0.277. The van der Waals surface area contributed by atoms with E-state index in [1.165, 1.54) is 16.7 Å². The van der Waals surface area contributed by atoms with Crippen molar-refractivity contribution in [1.82, 2.24) is 9.55 Å². The fourth-order valence-corrected chi connectivity index (χ4v) is 5.97. The second kappa shape index (κ2) is 10.6. The van der Waals surface area contributed by atoms with Crippen LogP contribution in [0.2, 0.25) is 0 Å². The van der Waals surface area contributed by atoms with Gasteiger partial charge in [-0.25, -0.2) is 22.6 Å². The van der Waals surface area contributed by atoms with Crippen LogP contribution in [0.5, 0.6) is 0 Å². The average Bonchev–Trinajstić information content (AvgIpc) is 3.21. The van der Waals surface area contributed by atoms with Gasteiger partial charge in [0.2, 0.25) is 5.95 Å². The maximum Gasteiger partial charge on any atom is 0.420 e. The van der Waals surface area contributed by atoms with Crippen molar-refractivity contribution in [2.45, 2.75) is 49.6 Å². The molecule has 2 heterocycles. The third-order valence-electron chi connectivity index (χ3n) is 6.92. The SMILES string of the molecule is C[C@H](c1ccccc1C#C[C@H]1CCCC[C@H]1N)n1c(=O)oc2cc(S(=O)(=O)Nc3cccc(F)n3)c(F)cc21. The zero-order valence-electron chi connectivity index (χ0n) is 21.0. The van der Waals surface area contributed by atoms with Crippen molar-refractivity contribution in [1.29, 1.82) is 0 Å². The van der Waals surface area contributed by atoms with Crippen molar-refractivity contribution < 1.29 is 21.6 Å². The van der Waals surface area contributed by atoms with Crippen LogP contribution in [0.15, 0.2) is 68.7 Å². The first-order chi connectivity index (χ1) is 18.6. The van der Waals surface area contributed by atoms with Crippen LogP contribution in [-0.2, 0) is 10.0 Å². The lowest BCUT2D eigenvalue weighted by Gasteiger charge is -2.24. The minimum Gasteiger partial charge on any atom is -0.408 e. The minimum atomic E-state index is -4.51. The van der Waals surface area contributed by atoms with E-state index in [0.29, 0.717) is 5.56 Å². The largest absolute Gasteiger partial charge is 0.420 e. The van der Waals surface area contributed by atoms with E-state index in [2.05, 4.69) is 16.8 Å². The van der Waals surface area contributed by atoms with E-state index in [1.54, 1.807) is 6.92 Å². The number of benzene rings is 2. The van der Waals surface area contributed by atoms with Gasteiger partial charge in [0.25, 0.3) is 10.0 Å². The molecule has 8 nitrogen and oxygen atoms in total. The molecule has 4 aromatic rings. The van der Waals surface area contributed by atoms with Gasteiger partial charge in [-0.1, -0.05) is 48.9 Å². The van der Waals surface area contributed by atoms with Crippen molar-refractivity contribution in [3.05, 3.63) is 88.0 Å². The Morgan fingerprint density at radius 1 is 1.13 bits per heavy atom. The third kappa shape index (κ3) is 5.44. The molecule has 39 heavy (non-hydrogen) atoms. The van der Waals surface area contributed by atoms with Crippen LogP contribution < -0.4 is 16.2 Å². The molecular weight excluding hydrogens is 526 g/mol. The van der Waals surface area contributed by atoms with Crippen LogP contribution in [0.25, 0.3) is 11.1 Å². The summed E-state index contributed by atoms with van der Waals surface area (Å²) < 4.78 is 62.9. The van der Waals surface area contributed by atoms with Gasteiger partial charge in [0.1, 0.15) is 16.5 Å². The highest BCUT2D eigenvalue weighted by Crippen LogP contribution is 2.29. The number of fused-ring (bicyclic) bond motifs is 1. The predicted molar refractivity (Wildman–Crippen MR) is 143 cm³/mol. The Balaban J connectivity index is 1.51. The van der Waals surface area contributed by atoms with Crippen molar-refractivity contribution >= 4 is 26.9 Å². The third-order valence-corrected chi connectivity index (χ3v) is 8.29. The fourth-order valence-electron chi connectivity index (χ4n) is 4.89. The Morgan fingerprint density at radius 2 is 1.90 bits per heavy atom. The standard InChI is InChI=1S/C28H26F2N4O4S/c1-17(20-9-4-2-7-18(20)13-14-19-8-3-5-10-22(19)31)34-23-15-21(29)25(16-24(23)38-28(34)35)39(36,37)33-27-12-6-11-26(30)32-27/h2,4,6-7,9,11-12,15-17,19,22H,3,5,8,10,31H2,1H3,(H,32,33)/t17-,19-,22-/m1/s1. The number of hydrogen-bond donors (Lipinski definition) is 2. The second-order valence-corrected chi connectivity index (χ2v) is 11.2. The first kappa shape index (κ1) is 26.6. The minimum absolute atomic E-state index is 0.0240. The van der Waals surface area contributed by atoms with Crippen LogP contribution in [-0.4, -0.2) is 24.0 Å². The first-order valence-corrected chi connectivity index (χ1v) is 14.0. The number of nitrogens with one attached hydrogen (secondary N) is 1. The van der Waals surface area contributed by atoms with Gasteiger partial charge in [-0.15, -0.1) is 0 Å². The number of rotatable bonds is 5. The van der Waals surface area contributed by atoms with Crippen LogP contribution in [0.3, 0.4) is 0 Å². The van der Waals surface area contributed by atoms with Gasteiger partial charge < -0.3 is 10.2 Å². The zero-order chi connectivity index (χ0) is 27.7. The maximum atomic E-state index is 15.2. The summed E-state index contributed by atoms with van der Waals surface area (Å²) in [5, 5.41) is 0. The lowest BCUT2D eigenvalue weighted by molar-refractivity contribution is 0.372. The molecule has 0 spiro atoms. The molecule has 1 aliphatic rings. The Kier molecular flexibility index (Phi) is 7.25. The molecule has 0 bridgehead atoms. The van der Waals surface area contributed by atoms with Crippen molar-refractivity contribution in [3.8, 4) is 11.8 Å². The van der Waals surface area contributed by atoms with E-state index in [9.17, 15) is 17.6 Å². The Hall–Kier alpha value is -4.01. The summed E-state index contributed by atoms with van der Waals surface area (Å²) in [5.41, 5.74) is 7.61. The molecule has 0 radical (unpaired) electrons. The van der Waals surface area contributed by atoms with Crippen LogP contribution in [0.4, 0.5) is 14.6 Å². The number of oxazole rings is 1. The van der Waals surface area contributed by atoms with Crippen LogP contribution >= 0.6 is 0 Å². The highest BCUT2D eigenvalue weighted by atomic mass is 32.2. The smallest absolute Gasteiger partial charge is 0.408 e. The number of pyridine rings is 1. The molecule has 202 valence electrons.